The Morgan fingerprint density at radius 2 is 1.82 bits per heavy atom. The monoisotopic (exact) mass is 628 g/mol. The minimum atomic E-state index is -0.731. The van der Waals surface area contributed by atoms with E-state index in [0.29, 0.717) is 47.8 Å². The van der Waals surface area contributed by atoms with Gasteiger partial charge in [0.05, 0.1) is 29.6 Å². The van der Waals surface area contributed by atoms with Crippen molar-refractivity contribution < 1.29 is 24.2 Å². The summed E-state index contributed by atoms with van der Waals surface area (Å²) in [6.07, 6.45) is 9.61. The number of aliphatic hydroxyl groups excluding tert-OH is 1. The van der Waals surface area contributed by atoms with Gasteiger partial charge < -0.3 is 39.5 Å². The normalized spacial score (nSPS) is 17.9. The van der Waals surface area contributed by atoms with Crippen molar-refractivity contribution in [2.45, 2.75) is 83.3 Å². The second kappa shape index (κ2) is 15.1. The second-order valence-corrected chi connectivity index (χ2v) is 13.5. The van der Waals surface area contributed by atoms with Gasteiger partial charge in [-0.3, -0.25) is 9.59 Å². The molecule has 2 aliphatic rings. The van der Waals surface area contributed by atoms with Gasteiger partial charge in [-0.05, 0) is 70.3 Å². The first-order valence-corrected chi connectivity index (χ1v) is 17.0. The number of nitrogens with one attached hydrogen (secondary N) is 2. The number of nitrogens with zero attached hydrogens (tertiary/aromatic N) is 2. The number of rotatable bonds is 14. The van der Waals surface area contributed by atoms with Gasteiger partial charge in [-0.1, -0.05) is 49.5 Å². The number of likely N-dealkylation sites (tertiary alicyclic amines) is 1. The number of carbonyl (C=O) groups excluding carboxylic acids is 1. The maximum Gasteiger partial charge on any atom is 0.305 e. The highest BCUT2D eigenvalue weighted by molar-refractivity contribution is 7.16. The van der Waals surface area contributed by atoms with Crippen molar-refractivity contribution in [2.24, 2.45) is 0 Å². The lowest BCUT2D eigenvalue weighted by molar-refractivity contribution is -0.127. The standard InChI is InChI=1S/C33H48N4O6S/c1-23-20-28(43-24(23)2)31(40)37-18-19-42-33(22-37)12-16-36(17-13-33)15-9-7-5-3-4-6-8-14-34-21-27(39)25-10-11-26(38)29-30(25)44-32(41)35-29/h10-11,20,27,34,38-39H,3-9,12-19,21-22H2,1-2H3,(H,35,41)/t27-/m0/s1. The van der Waals surface area contributed by atoms with Crippen molar-refractivity contribution in [3.8, 4) is 5.75 Å². The summed E-state index contributed by atoms with van der Waals surface area (Å²) >= 11 is 1.01. The summed E-state index contributed by atoms with van der Waals surface area (Å²) in [5, 5.41) is 23.9. The summed E-state index contributed by atoms with van der Waals surface area (Å²) in [4.78, 5) is 31.6. The number of aromatic hydroxyl groups is 1. The van der Waals surface area contributed by atoms with Crippen LogP contribution in [0.4, 0.5) is 0 Å². The molecule has 10 nitrogen and oxygen atoms in total. The number of fused-ring (bicyclic) bond motifs is 1. The number of aliphatic hydroxyl groups is 1. The fraction of sp³-hybridized carbons (Fsp3) is 0.636. The molecule has 1 atom stereocenters. The third-order valence-corrected chi connectivity index (χ3v) is 10.2. The molecule has 0 bridgehead atoms. The highest BCUT2D eigenvalue weighted by Crippen LogP contribution is 2.32. The number of carbonyl (C=O) groups is 1. The summed E-state index contributed by atoms with van der Waals surface area (Å²) in [5.41, 5.74) is 1.85. The van der Waals surface area contributed by atoms with E-state index in [1.807, 2.05) is 24.8 Å². The van der Waals surface area contributed by atoms with Crippen LogP contribution in [-0.2, 0) is 4.74 Å². The molecule has 0 aliphatic carbocycles. The molecule has 1 aromatic carbocycles. The summed E-state index contributed by atoms with van der Waals surface area (Å²) in [5.74, 6) is 1.25. The summed E-state index contributed by atoms with van der Waals surface area (Å²) in [6, 6.07) is 5.05. The molecule has 2 fully saturated rings. The number of piperidine rings is 1. The van der Waals surface area contributed by atoms with Crippen molar-refractivity contribution in [1.29, 1.82) is 0 Å². The van der Waals surface area contributed by atoms with Crippen LogP contribution in [0.1, 0.15) is 91.3 Å². The van der Waals surface area contributed by atoms with E-state index in [1.165, 1.54) is 44.6 Å². The SMILES string of the molecule is Cc1cc(C(=O)N2CCOC3(CCN(CCCCCCCCCNC[C@H](O)c4ccc(O)c5[nH]c(=O)sc45)CC3)C2)oc1C. The van der Waals surface area contributed by atoms with Crippen LogP contribution in [0.3, 0.4) is 0 Å². The second-order valence-electron chi connectivity index (χ2n) is 12.5. The number of ether oxygens (including phenoxy) is 1. The number of phenols is 1. The van der Waals surface area contributed by atoms with Crippen LogP contribution >= 0.6 is 11.3 Å². The number of hydrogen-bond acceptors (Lipinski definition) is 9. The minimum absolute atomic E-state index is 0.0218. The van der Waals surface area contributed by atoms with Gasteiger partial charge in [0, 0.05) is 31.7 Å². The Balaban J connectivity index is 0.889. The largest absolute Gasteiger partial charge is 0.506 e. The fourth-order valence-corrected chi connectivity index (χ4v) is 7.38. The molecule has 4 heterocycles. The number of thiazole rings is 1. The number of aromatic amines is 1. The summed E-state index contributed by atoms with van der Waals surface area (Å²) in [6.45, 7) is 10.1. The van der Waals surface area contributed by atoms with Gasteiger partial charge >= 0.3 is 4.87 Å². The molecular weight excluding hydrogens is 580 g/mol. The Morgan fingerprint density at radius 3 is 2.55 bits per heavy atom. The van der Waals surface area contributed by atoms with Gasteiger partial charge in [0.1, 0.15) is 17.0 Å². The molecule has 1 amide bonds. The van der Waals surface area contributed by atoms with Crippen molar-refractivity contribution in [2.75, 3.05) is 52.4 Å². The zero-order valence-corrected chi connectivity index (χ0v) is 27.0. The molecule has 1 spiro atoms. The number of aryl methyl sites for hydroxylation is 2. The number of phenolic OH excluding ortho intramolecular Hbond substituents is 1. The van der Waals surface area contributed by atoms with Crippen molar-refractivity contribution in [3.05, 3.63) is 50.5 Å². The predicted octanol–water partition coefficient (Wildman–Crippen LogP) is 4.87. The van der Waals surface area contributed by atoms with E-state index in [0.717, 1.165) is 68.1 Å². The molecule has 3 aromatic rings. The maximum absolute atomic E-state index is 13.0. The van der Waals surface area contributed by atoms with Crippen molar-refractivity contribution in [1.82, 2.24) is 20.1 Å². The zero-order valence-electron chi connectivity index (χ0n) is 26.2. The summed E-state index contributed by atoms with van der Waals surface area (Å²) in [7, 11) is 0. The first kappa shape index (κ1) is 32.7. The van der Waals surface area contributed by atoms with Crippen LogP contribution in [-0.4, -0.2) is 88.9 Å². The molecule has 11 heteroatoms. The average molecular weight is 629 g/mol. The van der Waals surface area contributed by atoms with Crippen LogP contribution in [0.15, 0.2) is 27.4 Å². The Hall–Kier alpha value is -2.70. The Morgan fingerprint density at radius 1 is 1.09 bits per heavy atom. The minimum Gasteiger partial charge on any atom is -0.506 e. The van der Waals surface area contributed by atoms with Gasteiger partial charge in [0.15, 0.2) is 5.76 Å². The number of hydrogen-bond donors (Lipinski definition) is 4. The van der Waals surface area contributed by atoms with Crippen LogP contribution < -0.4 is 10.2 Å². The molecule has 2 aromatic heterocycles. The number of furan rings is 1. The lowest BCUT2D eigenvalue weighted by Gasteiger charge is -2.47. The van der Waals surface area contributed by atoms with Crippen LogP contribution in [0.2, 0.25) is 0 Å². The van der Waals surface area contributed by atoms with E-state index in [-0.39, 0.29) is 22.1 Å². The molecule has 0 radical (unpaired) electrons. The number of benzene rings is 1. The molecule has 242 valence electrons. The van der Waals surface area contributed by atoms with Crippen molar-refractivity contribution >= 4 is 27.5 Å². The number of amides is 1. The lowest BCUT2D eigenvalue weighted by Crippen LogP contribution is -2.58. The molecule has 2 aliphatic heterocycles. The van der Waals surface area contributed by atoms with Gasteiger partial charge in [-0.2, -0.15) is 0 Å². The quantitative estimate of drug-likeness (QED) is 0.186. The third kappa shape index (κ3) is 8.11. The topological polar surface area (TPSA) is 131 Å². The summed E-state index contributed by atoms with van der Waals surface area (Å²) < 4.78 is 12.6. The van der Waals surface area contributed by atoms with Gasteiger partial charge in [-0.15, -0.1) is 0 Å². The van der Waals surface area contributed by atoms with E-state index in [9.17, 15) is 19.8 Å². The average Bonchev–Trinajstić information content (AvgIpc) is 3.58. The zero-order chi connectivity index (χ0) is 31.1. The van der Waals surface area contributed by atoms with Gasteiger partial charge in [-0.25, -0.2) is 0 Å². The smallest absolute Gasteiger partial charge is 0.305 e. The number of aromatic nitrogens is 1. The Labute approximate surface area is 263 Å². The Kier molecular flexibility index (Phi) is 11.2. The number of unbranched alkanes of at least 4 members (excludes halogenated alkanes) is 6. The van der Waals surface area contributed by atoms with E-state index in [2.05, 4.69) is 15.2 Å². The van der Waals surface area contributed by atoms with E-state index < -0.39 is 6.10 Å². The molecule has 0 unspecified atom stereocenters. The van der Waals surface area contributed by atoms with E-state index >= 15 is 0 Å². The lowest BCUT2D eigenvalue weighted by atomic mass is 9.89. The highest BCUT2D eigenvalue weighted by Gasteiger charge is 2.41. The molecule has 5 rings (SSSR count). The van der Waals surface area contributed by atoms with E-state index in [4.69, 9.17) is 9.15 Å². The first-order valence-electron chi connectivity index (χ1n) is 16.2. The van der Waals surface area contributed by atoms with Crippen molar-refractivity contribution in [3.63, 3.8) is 0 Å². The number of H-pyrrole nitrogens is 1. The number of morpholine rings is 1. The molecule has 0 saturated carbocycles. The molecule has 2 saturated heterocycles. The van der Waals surface area contributed by atoms with E-state index in [1.54, 1.807) is 6.07 Å². The van der Waals surface area contributed by atoms with Crippen LogP contribution in [0.25, 0.3) is 10.2 Å². The molecule has 4 N–H and O–H groups in total. The third-order valence-electron chi connectivity index (χ3n) is 9.29. The maximum atomic E-state index is 13.0. The van der Waals surface area contributed by atoms with Crippen LogP contribution in [0.5, 0.6) is 5.75 Å². The predicted molar refractivity (Wildman–Crippen MR) is 173 cm³/mol. The first-order chi connectivity index (χ1) is 21.2. The molecule has 44 heavy (non-hydrogen) atoms. The van der Waals surface area contributed by atoms with Gasteiger partial charge in [0.25, 0.3) is 5.91 Å². The van der Waals surface area contributed by atoms with Crippen LogP contribution in [0, 0.1) is 13.8 Å². The fourth-order valence-electron chi connectivity index (χ4n) is 6.46. The highest BCUT2D eigenvalue weighted by atomic mass is 32.1. The van der Waals surface area contributed by atoms with Gasteiger partial charge in [0.2, 0.25) is 0 Å². The molecular formula is C33H48N4O6S. The Bertz CT molecular complexity index is 1420.